The summed E-state index contributed by atoms with van der Waals surface area (Å²) >= 11 is 0. The van der Waals surface area contributed by atoms with Crippen LogP contribution in [-0.2, 0) is 30.4 Å². The summed E-state index contributed by atoms with van der Waals surface area (Å²) in [6, 6.07) is 3.23. The molecule has 1 aromatic rings. The van der Waals surface area contributed by atoms with E-state index in [0.717, 1.165) is 0 Å². The first-order chi connectivity index (χ1) is 20.1. The van der Waals surface area contributed by atoms with Crippen LogP contribution < -0.4 is 21.3 Å². The van der Waals surface area contributed by atoms with Gasteiger partial charge in [-0.2, -0.15) is 0 Å². The van der Waals surface area contributed by atoms with E-state index in [1.165, 1.54) is 20.8 Å². The number of hydrogen-bond donors (Lipinski definition) is 9. The van der Waals surface area contributed by atoms with E-state index < -0.39 is 78.0 Å². The fourth-order valence-corrected chi connectivity index (χ4v) is 4.22. The van der Waals surface area contributed by atoms with E-state index in [1.54, 1.807) is 30.3 Å². The van der Waals surface area contributed by atoms with Crippen LogP contribution in [0.2, 0.25) is 0 Å². The zero-order valence-corrected chi connectivity index (χ0v) is 25.2. The summed E-state index contributed by atoms with van der Waals surface area (Å²) in [5, 5.41) is 59.0. The number of hydrogen-bond acceptors (Lipinski definition) is 9. The normalized spacial score (nSPS) is 16.9. The second-order valence-corrected chi connectivity index (χ2v) is 11.1. The number of carboxylic acid groups (broad SMARTS) is 1. The first-order valence-corrected chi connectivity index (χ1v) is 14.2. The van der Waals surface area contributed by atoms with Crippen molar-refractivity contribution in [2.24, 2.45) is 11.8 Å². The Morgan fingerprint density at radius 2 is 1.21 bits per heavy atom. The van der Waals surface area contributed by atoms with E-state index >= 15 is 0 Å². The zero-order valence-electron chi connectivity index (χ0n) is 25.2. The standard InChI is InChI=1S/C29H46N4O10/c1-15(2)13-20(22(37)11-12-34)30-27(40)23(17(4)35)33-28(41)24(18(5)36)32-26(39)16(3)25(38)31-21(29(42)43)14-19-9-7-6-8-10-19/h6-10,15-18,20-24,34-37H,11-14H2,1-5H3,(H,30,40)(H,31,38)(H,32,39)(H,33,41)(H,42,43). The minimum Gasteiger partial charge on any atom is -0.480 e. The first kappa shape index (κ1) is 37.4. The summed E-state index contributed by atoms with van der Waals surface area (Å²) in [5.41, 5.74) is 0.647. The highest BCUT2D eigenvalue weighted by molar-refractivity contribution is 6.02. The maximum Gasteiger partial charge on any atom is 0.326 e. The van der Waals surface area contributed by atoms with E-state index in [9.17, 15) is 49.5 Å². The molecular weight excluding hydrogens is 564 g/mol. The van der Waals surface area contributed by atoms with Gasteiger partial charge in [0.25, 0.3) is 0 Å². The number of aliphatic carboxylic acids is 1. The lowest BCUT2D eigenvalue weighted by Gasteiger charge is -2.30. The van der Waals surface area contributed by atoms with Gasteiger partial charge in [-0.05, 0) is 45.1 Å². The average molecular weight is 611 g/mol. The number of aliphatic hydroxyl groups is 4. The van der Waals surface area contributed by atoms with Gasteiger partial charge < -0.3 is 46.8 Å². The number of aliphatic hydroxyl groups excluding tert-OH is 4. The predicted molar refractivity (Wildman–Crippen MR) is 155 cm³/mol. The van der Waals surface area contributed by atoms with Crippen molar-refractivity contribution in [3.63, 3.8) is 0 Å². The Kier molecular flexibility index (Phi) is 15.8. The molecule has 8 unspecified atom stereocenters. The number of benzene rings is 1. The fourth-order valence-electron chi connectivity index (χ4n) is 4.22. The van der Waals surface area contributed by atoms with Gasteiger partial charge in [0.15, 0.2) is 0 Å². The number of rotatable bonds is 18. The second-order valence-electron chi connectivity index (χ2n) is 11.1. The van der Waals surface area contributed by atoms with Crippen molar-refractivity contribution in [2.45, 2.75) is 96.4 Å². The minimum atomic E-state index is -1.65. The lowest BCUT2D eigenvalue weighted by Crippen LogP contribution is -2.61. The first-order valence-electron chi connectivity index (χ1n) is 14.2. The van der Waals surface area contributed by atoms with Crippen LogP contribution in [0.5, 0.6) is 0 Å². The van der Waals surface area contributed by atoms with Gasteiger partial charge in [0.05, 0.1) is 24.4 Å². The maximum atomic E-state index is 13.1. The van der Waals surface area contributed by atoms with Gasteiger partial charge in [0.1, 0.15) is 24.0 Å². The Balaban J connectivity index is 2.96. The average Bonchev–Trinajstić information content (AvgIpc) is 2.92. The third-order valence-electron chi connectivity index (χ3n) is 6.75. The van der Waals surface area contributed by atoms with Crippen LogP contribution in [0.15, 0.2) is 30.3 Å². The number of amides is 4. The molecule has 242 valence electrons. The highest BCUT2D eigenvalue weighted by Gasteiger charge is 2.35. The van der Waals surface area contributed by atoms with Gasteiger partial charge in [-0.1, -0.05) is 44.2 Å². The molecule has 1 aromatic carbocycles. The van der Waals surface area contributed by atoms with Crippen LogP contribution in [0.4, 0.5) is 0 Å². The molecule has 0 aliphatic carbocycles. The van der Waals surface area contributed by atoms with E-state index in [2.05, 4.69) is 21.3 Å². The molecule has 9 N–H and O–H groups in total. The Morgan fingerprint density at radius 1 is 0.721 bits per heavy atom. The van der Waals surface area contributed by atoms with E-state index in [-0.39, 0.29) is 25.4 Å². The number of carbonyl (C=O) groups excluding carboxylic acids is 4. The molecule has 0 aliphatic heterocycles. The summed E-state index contributed by atoms with van der Waals surface area (Å²) in [6.45, 7) is 7.03. The van der Waals surface area contributed by atoms with Gasteiger partial charge in [0, 0.05) is 13.0 Å². The number of carbonyl (C=O) groups is 5. The van der Waals surface area contributed by atoms with E-state index in [0.29, 0.717) is 12.0 Å². The monoisotopic (exact) mass is 610 g/mol. The molecule has 1 rings (SSSR count). The lowest BCUT2D eigenvalue weighted by molar-refractivity contribution is -0.144. The van der Waals surface area contributed by atoms with Crippen LogP contribution in [0.3, 0.4) is 0 Å². The summed E-state index contributed by atoms with van der Waals surface area (Å²) in [7, 11) is 0. The molecule has 0 spiro atoms. The van der Waals surface area contributed by atoms with Gasteiger partial charge in [-0.3, -0.25) is 19.2 Å². The molecule has 8 atom stereocenters. The van der Waals surface area contributed by atoms with E-state index in [1.807, 2.05) is 13.8 Å². The lowest BCUT2D eigenvalue weighted by atomic mass is 9.96. The minimum absolute atomic E-state index is 0.00919. The van der Waals surface area contributed by atoms with Crippen LogP contribution in [0.1, 0.15) is 53.0 Å². The Hall–Kier alpha value is -3.59. The van der Waals surface area contributed by atoms with Gasteiger partial charge in [0.2, 0.25) is 23.6 Å². The molecule has 0 aliphatic rings. The Bertz CT molecular complexity index is 1070. The molecule has 0 radical (unpaired) electrons. The number of nitrogens with one attached hydrogen (secondary N) is 4. The predicted octanol–water partition coefficient (Wildman–Crippen LogP) is -1.56. The molecule has 0 heterocycles. The van der Waals surface area contributed by atoms with Crippen molar-refractivity contribution < 1.29 is 49.5 Å². The summed E-state index contributed by atoms with van der Waals surface area (Å²) in [6.07, 6.45) is -3.72. The third kappa shape index (κ3) is 12.7. The third-order valence-corrected chi connectivity index (χ3v) is 6.75. The van der Waals surface area contributed by atoms with Crippen LogP contribution >= 0.6 is 0 Å². The molecule has 0 saturated carbocycles. The van der Waals surface area contributed by atoms with Crippen molar-refractivity contribution in [1.82, 2.24) is 21.3 Å². The quantitative estimate of drug-likeness (QED) is 0.0867. The SMILES string of the molecule is CC(C)CC(NC(=O)C(NC(=O)C(NC(=O)C(C)C(=O)NC(Cc1ccccc1)C(=O)O)C(C)O)C(C)O)C(O)CCO. The number of carboxylic acids is 1. The molecule has 0 aromatic heterocycles. The van der Waals surface area contributed by atoms with Crippen molar-refractivity contribution >= 4 is 29.6 Å². The summed E-state index contributed by atoms with van der Waals surface area (Å²) in [4.78, 5) is 63.4. The molecule has 14 nitrogen and oxygen atoms in total. The summed E-state index contributed by atoms with van der Waals surface area (Å²) in [5.74, 6) is -6.53. The largest absolute Gasteiger partial charge is 0.480 e. The van der Waals surface area contributed by atoms with Crippen molar-refractivity contribution in [3.05, 3.63) is 35.9 Å². The van der Waals surface area contributed by atoms with Crippen molar-refractivity contribution in [1.29, 1.82) is 0 Å². The fraction of sp³-hybridized carbons (Fsp3) is 0.621. The Labute approximate surface area is 251 Å². The molecule has 14 heteroatoms. The molecule has 0 saturated heterocycles. The zero-order chi connectivity index (χ0) is 32.9. The highest BCUT2D eigenvalue weighted by atomic mass is 16.4. The molecule has 0 bridgehead atoms. The van der Waals surface area contributed by atoms with Gasteiger partial charge in [-0.15, -0.1) is 0 Å². The second kappa shape index (κ2) is 18.2. The summed E-state index contributed by atoms with van der Waals surface area (Å²) < 4.78 is 0. The smallest absolute Gasteiger partial charge is 0.326 e. The van der Waals surface area contributed by atoms with Crippen LogP contribution in [0.25, 0.3) is 0 Å². The van der Waals surface area contributed by atoms with Crippen LogP contribution in [0, 0.1) is 11.8 Å². The molecule has 4 amide bonds. The van der Waals surface area contributed by atoms with Crippen LogP contribution in [-0.4, -0.2) is 104 Å². The molecule has 0 fully saturated rings. The maximum absolute atomic E-state index is 13.1. The molecular formula is C29H46N4O10. The Morgan fingerprint density at radius 3 is 1.67 bits per heavy atom. The highest BCUT2D eigenvalue weighted by Crippen LogP contribution is 2.12. The van der Waals surface area contributed by atoms with Gasteiger partial charge >= 0.3 is 5.97 Å². The topological polar surface area (TPSA) is 235 Å². The van der Waals surface area contributed by atoms with Crippen molar-refractivity contribution in [2.75, 3.05) is 6.61 Å². The van der Waals surface area contributed by atoms with Crippen molar-refractivity contribution in [3.8, 4) is 0 Å². The van der Waals surface area contributed by atoms with E-state index in [4.69, 9.17) is 0 Å². The molecule has 43 heavy (non-hydrogen) atoms. The van der Waals surface area contributed by atoms with Gasteiger partial charge in [-0.25, -0.2) is 4.79 Å².